The van der Waals surface area contributed by atoms with Crippen LogP contribution in [0.5, 0.6) is 5.75 Å². The molecular formula is C28H26N8O4. The number of benzene rings is 3. The fourth-order valence-corrected chi connectivity index (χ4v) is 3.58. The molecule has 0 radical (unpaired) electrons. The average molecular weight is 539 g/mol. The molecule has 0 aromatic heterocycles. The van der Waals surface area contributed by atoms with E-state index in [-0.39, 0.29) is 30.1 Å². The van der Waals surface area contributed by atoms with Crippen molar-refractivity contribution in [2.75, 3.05) is 25.1 Å². The number of hydrogen-bond donors (Lipinski definition) is 1. The van der Waals surface area contributed by atoms with E-state index in [1.807, 2.05) is 11.8 Å². The highest BCUT2D eigenvalue weighted by molar-refractivity contribution is 6.03. The third kappa shape index (κ3) is 7.94. The van der Waals surface area contributed by atoms with Crippen molar-refractivity contribution >= 4 is 28.8 Å². The molecule has 1 N–H and O–H groups in total. The normalized spacial score (nSPS) is 10.9. The van der Waals surface area contributed by atoms with Gasteiger partial charge >= 0.3 is 0 Å². The maximum atomic E-state index is 12.7. The number of methoxy groups -OCH3 is 1. The molecule has 0 bridgehead atoms. The van der Waals surface area contributed by atoms with Crippen LogP contribution in [0.15, 0.2) is 82.1 Å². The number of carbonyl (C=O) groups excluding carboxylic acids is 1. The first-order valence-electron chi connectivity index (χ1n) is 12.1. The summed E-state index contributed by atoms with van der Waals surface area (Å²) in [6, 6.07) is 21.9. The van der Waals surface area contributed by atoms with Gasteiger partial charge in [0.2, 0.25) is 5.84 Å². The second-order valence-electron chi connectivity index (χ2n) is 8.41. The van der Waals surface area contributed by atoms with E-state index < -0.39 is 10.8 Å². The Morgan fingerprint density at radius 2 is 1.75 bits per heavy atom. The number of rotatable bonds is 11. The van der Waals surface area contributed by atoms with E-state index >= 15 is 0 Å². The van der Waals surface area contributed by atoms with Crippen molar-refractivity contribution in [3.05, 3.63) is 93.5 Å². The number of nitrogens with zero attached hydrogens (tertiary/aromatic N) is 7. The number of amidine groups is 1. The number of carbonyl (C=O) groups is 1. The summed E-state index contributed by atoms with van der Waals surface area (Å²) in [7, 11) is 1.46. The second-order valence-corrected chi connectivity index (χ2v) is 8.41. The molecule has 0 aliphatic heterocycles. The van der Waals surface area contributed by atoms with Crippen molar-refractivity contribution in [3.8, 4) is 17.9 Å². The molecule has 0 spiro atoms. The molecule has 3 rings (SSSR count). The number of hydrogen-bond acceptors (Lipinski definition) is 9. The fraction of sp³-hybridized carbons (Fsp3) is 0.214. The minimum Gasteiger partial charge on any atom is -0.496 e. The lowest BCUT2D eigenvalue weighted by atomic mass is 10.1. The molecule has 12 nitrogen and oxygen atoms in total. The summed E-state index contributed by atoms with van der Waals surface area (Å²) >= 11 is 0. The molecule has 0 saturated carbocycles. The molecule has 0 heterocycles. The largest absolute Gasteiger partial charge is 0.496 e. The van der Waals surface area contributed by atoms with Crippen LogP contribution >= 0.6 is 0 Å². The topological polar surface area (TPSA) is 169 Å². The first-order valence-corrected chi connectivity index (χ1v) is 12.1. The van der Waals surface area contributed by atoms with Gasteiger partial charge in [-0.05, 0) is 37.3 Å². The smallest absolute Gasteiger partial charge is 0.271 e. The van der Waals surface area contributed by atoms with E-state index in [0.717, 1.165) is 5.56 Å². The van der Waals surface area contributed by atoms with Gasteiger partial charge in [0.1, 0.15) is 5.75 Å². The second kappa shape index (κ2) is 14.4. The van der Waals surface area contributed by atoms with Crippen LogP contribution in [0.3, 0.4) is 0 Å². The molecule has 1 amide bonds. The lowest BCUT2D eigenvalue weighted by molar-refractivity contribution is -0.384. The van der Waals surface area contributed by atoms with Gasteiger partial charge in [0.05, 0.1) is 48.3 Å². The fourth-order valence-electron chi connectivity index (χ4n) is 3.58. The highest BCUT2D eigenvalue weighted by atomic mass is 16.6. The monoisotopic (exact) mass is 538 g/mol. The van der Waals surface area contributed by atoms with Crippen LogP contribution < -0.4 is 15.1 Å². The summed E-state index contributed by atoms with van der Waals surface area (Å²) in [6.07, 6.45) is 0.537. The van der Waals surface area contributed by atoms with Crippen molar-refractivity contribution in [1.82, 2.24) is 5.43 Å². The molecule has 12 heteroatoms. The van der Waals surface area contributed by atoms with Gasteiger partial charge in [-0.3, -0.25) is 14.9 Å². The van der Waals surface area contributed by atoms with Crippen molar-refractivity contribution in [2.45, 2.75) is 19.8 Å². The highest BCUT2D eigenvalue weighted by Gasteiger charge is 2.16. The number of nitro benzene ring substituents is 1. The lowest BCUT2D eigenvalue weighted by Crippen LogP contribution is -2.25. The number of azo groups is 1. The zero-order valence-corrected chi connectivity index (χ0v) is 21.9. The summed E-state index contributed by atoms with van der Waals surface area (Å²) in [4.78, 5) is 25.2. The molecule has 40 heavy (non-hydrogen) atoms. The van der Waals surface area contributed by atoms with E-state index in [4.69, 9.17) is 15.3 Å². The van der Waals surface area contributed by atoms with Crippen molar-refractivity contribution in [1.29, 1.82) is 10.5 Å². The number of non-ortho nitro benzene ring substituents is 1. The number of nitrogens with one attached hydrogen (secondary N) is 1. The molecule has 0 unspecified atom stereocenters. The first kappa shape index (κ1) is 28.9. The lowest BCUT2D eigenvalue weighted by Gasteiger charge is -2.23. The predicted octanol–water partition coefficient (Wildman–Crippen LogP) is 5.42. The summed E-state index contributed by atoms with van der Waals surface area (Å²) in [5.41, 5.74) is 5.01. The van der Waals surface area contributed by atoms with Gasteiger partial charge in [0.25, 0.3) is 11.6 Å². The Balaban J connectivity index is 2.02. The molecule has 0 aliphatic rings. The standard InChI is InChI=1S/C28H26N8O4/c1-20-8-10-21(11-9-20)28(37)34-33-27(32-31-22-6-3-7-24(18-22)36(38)39)25-13-12-23(19-26(25)40-2)35(16-4-14-29)17-5-15-30/h3,6-13,18-19H,4-5,16-17H2,1-2H3,(H,34,37). The highest BCUT2D eigenvalue weighted by Crippen LogP contribution is 2.28. The quantitative estimate of drug-likeness (QED) is 0.112. The predicted molar refractivity (Wildman–Crippen MR) is 148 cm³/mol. The van der Waals surface area contributed by atoms with Gasteiger partial charge in [-0.15, -0.1) is 15.3 Å². The summed E-state index contributed by atoms with van der Waals surface area (Å²) in [6.45, 7) is 2.74. The van der Waals surface area contributed by atoms with E-state index in [0.29, 0.717) is 35.7 Å². The van der Waals surface area contributed by atoms with Gasteiger partial charge in [0, 0.05) is 42.5 Å². The Hall–Kier alpha value is -5.62. The van der Waals surface area contributed by atoms with Crippen LogP contribution in [0.4, 0.5) is 17.1 Å². The Labute approximate surface area is 231 Å². The van der Waals surface area contributed by atoms with Crippen molar-refractivity contribution < 1.29 is 14.5 Å². The Bertz CT molecular complexity index is 1490. The third-order valence-corrected chi connectivity index (χ3v) is 5.66. The Kier molecular flexibility index (Phi) is 10.4. The average Bonchev–Trinajstić information content (AvgIpc) is 2.97. The number of aryl methyl sites for hydroxylation is 1. The van der Waals surface area contributed by atoms with Crippen LogP contribution in [0, 0.1) is 39.7 Å². The Morgan fingerprint density at radius 1 is 1.05 bits per heavy atom. The third-order valence-electron chi connectivity index (χ3n) is 5.66. The van der Waals surface area contributed by atoms with Gasteiger partial charge in [-0.1, -0.05) is 23.8 Å². The number of nitro groups is 1. The van der Waals surface area contributed by atoms with Crippen LogP contribution in [-0.2, 0) is 0 Å². The maximum Gasteiger partial charge on any atom is 0.271 e. The molecule has 0 atom stereocenters. The van der Waals surface area contributed by atoms with E-state index in [1.165, 1.54) is 25.3 Å². The molecule has 3 aromatic carbocycles. The van der Waals surface area contributed by atoms with Gasteiger partial charge < -0.3 is 9.64 Å². The molecule has 0 saturated heterocycles. The van der Waals surface area contributed by atoms with Crippen molar-refractivity contribution in [2.24, 2.45) is 15.3 Å². The minimum atomic E-state index is -0.540. The zero-order valence-electron chi connectivity index (χ0n) is 21.9. The van der Waals surface area contributed by atoms with Gasteiger partial charge in [-0.2, -0.15) is 10.5 Å². The number of nitriles is 2. The maximum absolute atomic E-state index is 12.7. The van der Waals surface area contributed by atoms with Gasteiger partial charge in [0.15, 0.2) is 0 Å². The summed E-state index contributed by atoms with van der Waals surface area (Å²) < 4.78 is 5.59. The Morgan fingerprint density at radius 3 is 2.38 bits per heavy atom. The molecule has 0 aliphatic carbocycles. The molecule has 0 fully saturated rings. The molecular weight excluding hydrogens is 512 g/mol. The summed E-state index contributed by atoms with van der Waals surface area (Å²) in [5, 5.41) is 41.7. The van der Waals surface area contributed by atoms with Crippen LogP contribution in [0.1, 0.15) is 34.3 Å². The number of amides is 1. The van der Waals surface area contributed by atoms with E-state index in [2.05, 4.69) is 32.9 Å². The number of ether oxygens (including phenoxy) is 1. The van der Waals surface area contributed by atoms with Crippen LogP contribution in [-0.4, -0.2) is 36.9 Å². The molecule has 3 aromatic rings. The van der Waals surface area contributed by atoms with Crippen LogP contribution in [0.2, 0.25) is 0 Å². The summed E-state index contributed by atoms with van der Waals surface area (Å²) in [5.74, 6) is -0.147. The number of anilines is 1. The first-order chi connectivity index (χ1) is 19.4. The van der Waals surface area contributed by atoms with Crippen LogP contribution in [0.25, 0.3) is 0 Å². The van der Waals surface area contributed by atoms with E-state index in [1.54, 1.807) is 48.5 Å². The zero-order chi connectivity index (χ0) is 28.9. The van der Waals surface area contributed by atoms with E-state index in [9.17, 15) is 14.9 Å². The SMILES string of the molecule is COc1cc(N(CCC#N)CCC#N)ccc1C(N=Nc1cccc([N+](=O)[O-])c1)=NNC(=O)c1ccc(C)cc1. The van der Waals surface area contributed by atoms with Crippen molar-refractivity contribution in [3.63, 3.8) is 0 Å². The number of hydrazone groups is 1. The minimum absolute atomic E-state index is 0.0176. The van der Waals surface area contributed by atoms with Gasteiger partial charge in [-0.25, -0.2) is 5.43 Å². The molecule has 202 valence electrons.